The van der Waals surface area contributed by atoms with E-state index in [0.717, 1.165) is 10.6 Å². The molecule has 4 nitrogen and oxygen atoms in total. The molecule has 0 aliphatic carbocycles. The van der Waals surface area contributed by atoms with Gasteiger partial charge in [-0.3, -0.25) is 4.79 Å². The Labute approximate surface area is 114 Å². The van der Waals surface area contributed by atoms with Gasteiger partial charge in [-0.2, -0.15) is 13.2 Å². The topological polar surface area (TPSA) is 32.8 Å². The van der Waals surface area contributed by atoms with Gasteiger partial charge in [0.15, 0.2) is 0 Å². The van der Waals surface area contributed by atoms with E-state index in [2.05, 4.69) is 0 Å². The third-order valence-corrected chi connectivity index (χ3v) is 3.23. The zero-order valence-corrected chi connectivity index (χ0v) is 11.0. The van der Waals surface area contributed by atoms with Crippen molar-refractivity contribution in [2.24, 2.45) is 0 Å². The summed E-state index contributed by atoms with van der Waals surface area (Å²) in [4.78, 5) is 13.9. The van der Waals surface area contributed by atoms with Crippen molar-refractivity contribution in [1.82, 2.24) is 4.90 Å². The van der Waals surface area contributed by atoms with Crippen LogP contribution in [0.5, 0.6) is 5.75 Å². The Kier molecular flexibility index (Phi) is 4.06. The van der Waals surface area contributed by atoms with Crippen LogP contribution < -0.4 is 9.64 Å². The molecule has 1 aliphatic heterocycles. The Bertz CT molecular complexity index is 483. The highest BCUT2D eigenvalue weighted by atomic mass is 19.4. The summed E-state index contributed by atoms with van der Waals surface area (Å²) >= 11 is 0. The van der Waals surface area contributed by atoms with E-state index in [-0.39, 0.29) is 13.1 Å². The minimum absolute atomic E-state index is 0.0650. The van der Waals surface area contributed by atoms with E-state index in [4.69, 9.17) is 4.74 Å². The standard InChI is InChI=1S/C13H15F3N2O2/c1-20-11-4-2-3-10(9-11)17-5-7-18(8-6-17)12(19)13(14,15)16/h2-4,9H,5-8H2,1H3. The van der Waals surface area contributed by atoms with Crippen LogP contribution in [0.15, 0.2) is 24.3 Å². The molecule has 0 atom stereocenters. The smallest absolute Gasteiger partial charge is 0.471 e. The van der Waals surface area contributed by atoms with Crippen LogP contribution in [0, 0.1) is 0 Å². The average Bonchev–Trinajstić information content (AvgIpc) is 2.46. The van der Waals surface area contributed by atoms with Crippen LogP contribution in [0.2, 0.25) is 0 Å². The van der Waals surface area contributed by atoms with Crippen LogP contribution in [0.3, 0.4) is 0 Å². The zero-order chi connectivity index (χ0) is 14.8. The molecule has 0 radical (unpaired) electrons. The Balaban J connectivity index is 1.99. The van der Waals surface area contributed by atoms with Gasteiger partial charge in [0.25, 0.3) is 0 Å². The van der Waals surface area contributed by atoms with E-state index in [1.165, 1.54) is 0 Å². The quantitative estimate of drug-likeness (QED) is 0.833. The number of carbonyl (C=O) groups excluding carboxylic acids is 1. The van der Waals surface area contributed by atoms with Gasteiger partial charge in [0.2, 0.25) is 0 Å². The second-order valence-electron chi connectivity index (χ2n) is 4.48. The molecule has 1 saturated heterocycles. The van der Waals surface area contributed by atoms with Crippen molar-refractivity contribution in [3.05, 3.63) is 24.3 Å². The highest BCUT2D eigenvalue weighted by Crippen LogP contribution is 2.24. The highest BCUT2D eigenvalue weighted by molar-refractivity contribution is 5.82. The molecule has 1 aromatic rings. The first kappa shape index (κ1) is 14.5. The number of piperazine rings is 1. The van der Waals surface area contributed by atoms with Crippen LogP contribution in [-0.4, -0.2) is 50.3 Å². The lowest BCUT2D eigenvalue weighted by Crippen LogP contribution is -2.52. The number of ether oxygens (including phenoxy) is 1. The number of nitrogens with zero attached hydrogens (tertiary/aromatic N) is 2. The van der Waals surface area contributed by atoms with Crippen molar-refractivity contribution in [2.45, 2.75) is 6.18 Å². The van der Waals surface area contributed by atoms with Gasteiger partial charge in [0.1, 0.15) is 5.75 Å². The summed E-state index contributed by atoms with van der Waals surface area (Å²) in [5.74, 6) is -1.07. The third kappa shape index (κ3) is 3.15. The summed E-state index contributed by atoms with van der Waals surface area (Å²) in [6, 6.07) is 7.30. The van der Waals surface area contributed by atoms with Gasteiger partial charge in [-0.25, -0.2) is 0 Å². The van der Waals surface area contributed by atoms with Crippen molar-refractivity contribution < 1.29 is 22.7 Å². The number of anilines is 1. The fourth-order valence-corrected chi connectivity index (χ4v) is 2.15. The van der Waals surface area contributed by atoms with Gasteiger partial charge >= 0.3 is 12.1 Å². The predicted molar refractivity (Wildman–Crippen MR) is 67.8 cm³/mol. The second kappa shape index (κ2) is 5.60. The molecule has 0 spiro atoms. The van der Waals surface area contributed by atoms with Crippen molar-refractivity contribution in [1.29, 1.82) is 0 Å². The molecule has 1 heterocycles. The number of rotatable bonds is 2. The first-order valence-corrected chi connectivity index (χ1v) is 6.17. The monoisotopic (exact) mass is 288 g/mol. The average molecular weight is 288 g/mol. The van der Waals surface area contributed by atoms with E-state index in [1.54, 1.807) is 13.2 Å². The van der Waals surface area contributed by atoms with Crippen LogP contribution >= 0.6 is 0 Å². The lowest BCUT2D eigenvalue weighted by atomic mass is 10.2. The maximum absolute atomic E-state index is 12.3. The molecule has 1 aromatic carbocycles. The van der Waals surface area contributed by atoms with Gasteiger partial charge in [0, 0.05) is 37.9 Å². The van der Waals surface area contributed by atoms with Gasteiger partial charge in [0.05, 0.1) is 7.11 Å². The van der Waals surface area contributed by atoms with Crippen molar-refractivity contribution in [2.75, 3.05) is 38.2 Å². The lowest BCUT2D eigenvalue weighted by Gasteiger charge is -2.36. The Hall–Kier alpha value is -1.92. The first-order valence-electron chi connectivity index (χ1n) is 6.17. The van der Waals surface area contributed by atoms with E-state index < -0.39 is 12.1 Å². The summed E-state index contributed by atoms with van der Waals surface area (Å²) in [6.07, 6.45) is -4.79. The molecular weight excluding hydrogens is 273 g/mol. The van der Waals surface area contributed by atoms with Crippen molar-refractivity contribution in [3.63, 3.8) is 0 Å². The van der Waals surface area contributed by atoms with E-state index in [1.807, 2.05) is 23.1 Å². The number of benzene rings is 1. The van der Waals surface area contributed by atoms with Crippen LogP contribution in [0.25, 0.3) is 0 Å². The Morgan fingerprint density at radius 2 is 1.85 bits per heavy atom. The molecule has 110 valence electrons. The number of hydrogen-bond acceptors (Lipinski definition) is 3. The van der Waals surface area contributed by atoms with Gasteiger partial charge in [-0.1, -0.05) is 6.07 Å². The zero-order valence-electron chi connectivity index (χ0n) is 11.0. The predicted octanol–water partition coefficient (Wildman–Crippen LogP) is 1.91. The molecule has 0 unspecified atom stereocenters. The van der Waals surface area contributed by atoms with Crippen molar-refractivity contribution in [3.8, 4) is 5.75 Å². The highest BCUT2D eigenvalue weighted by Gasteiger charge is 2.43. The number of alkyl halides is 3. The molecule has 1 amide bonds. The first-order chi connectivity index (χ1) is 9.41. The molecule has 1 fully saturated rings. The molecule has 2 rings (SSSR count). The SMILES string of the molecule is COc1cccc(N2CCN(C(=O)C(F)(F)F)CC2)c1. The largest absolute Gasteiger partial charge is 0.497 e. The number of halogens is 3. The maximum Gasteiger partial charge on any atom is 0.471 e. The molecule has 0 saturated carbocycles. The van der Waals surface area contributed by atoms with Gasteiger partial charge in [-0.05, 0) is 12.1 Å². The summed E-state index contributed by atoms with van der Waals surface area (Å²) in [5.41, 5.74) is 0.878. The molecule has 0 aromatic heterocycles. The summed E-state index contributed by atoms with van der Waals surface area (Å²) < 4.78 is 42.1. The van der Waals surface area contributed by atoms with E-state index in [9.17, 15) is 18.0 Å². The van der Waals surface area contributed by atoms with Crippen molar-refractivity contribution >= 4 is 11.6 Å². The molecular formula is C13H15F3N2O2. The summed E-state index contributed by atoms with van der Waals surface area (Å²) in [6.45, 7) is 0.870. The molecule has 0 N–H and O–H groups in total. The van der Waals surface area contributed by atoms with Crippen LogP contribution in [-0.2, 0) is 4.79 Å². The summed E-state index contributed by atoms with van der Waals surface area (Å²) in [7, 11) is 1.55. The Morgan fingerprint density at radius 3 is 2.40 bits per heavy atom. The molecule has 7 heteroatoms. The number of methoxy groups -OCH3 is 1. The third-order valence-electron chi connectivity index (χ3n) is 3.23. The fraction of sp³-hybridized carbons (Fsp3) is 0.462. The fourth-order valence-electron chi connectivity index (χ4n) is 2.15. The number of carbonyl (C=O) groups is 1. The number of hydrogen-bond donors (Lipinski definition) is 0. The van der Waals surface area contributed by atoms with Gasteiger partial charge in [-0.15, -0.1) is 0 Å². The van der Waals surface area contributed by atoms with E-state index >= 15 is 0 Å². The lowest BCUT2D eigenvalue weighted by molar-refractivity contribution is -0.185. The van der Waals surface area contributed by atoms with Gasteiger partial charge < -0.3 is 14.5 Å². The van der Waals surface area contributed by atoms with Crippen LogP contribution in [0.4, 0.5) is 18.9 Å². The molecule has 0 bridgehead atoms. The Morgan fingerprint density at radius 1 is 1.20 bits per heavy atom. The minimum Gasteiger partial charge on any atom is -0.497 e. The summed E-state index contributed by atoms with van der Waals surface area (Å²) in [5, 5.41) is 0. The normalized spacial score (nSPS) is 16.2. The maximum atomic E-state index is 12.3. The van der Waals surface area contributed by atoms with Crippen LogP contribution in [0.1, 0.15) is 0 Å². The van der Waals surface area contributed by atoms with E-state index in [0.29, 0.717) is 18.8 Å². The molecule has 20 heavy (non-hydrogen) atoms. The second-order valence-corrected chi connectivity index (χ2v) is 4.48. The number of amides is 1. The molecule has 1 aliphatic rings. The minimum atomic E-state index is -4.79.